The molecule has 0 aliphatic heterocycles. The van der Waals surface area contributed by atoms with Gasteiger partial charge in [0.1, 0.15) is 5.84 Å². The van der Waals surface area contributed by atoms with Gasteiger partial charge in [0.2, 0.25) is 0 Å². The average molecular weight is 197 g/mol. The van der Waals surface area contributed by atoms with Crippen molar-refractivity contribution in [2.24, 2.45) is 28.5 Å². The van der Waals surface area contributed by atoms with Crippen LogP contribution in [-0.4, -0.2) is 5.84 Å². The maximum atomic E-state index is 5.72. The van der Waals surface area contributed by atoms with Gasteiger partial charge in [-0.3, -0.25) is 0 Å². The lowest BCUT2D eigenvalue weighted by molar-refractivity contribution is 0.299. The van der Waals surface area contributed by atoms with E-state index in [9.17, 15) is 0 Å². The summed E-state index contributed by atoms with van der Waals surface area (Å²) in [5, 5.41) is 3.59. The van der Waals surface area contributed by atoms with Gasteiger partial charge in [-0.25, -0.2) is 0 Å². The van der Waals surface area contributed by atoms with Gasteiger partial charge in [-0.2, -0.15) is 5.10 Å². The second-order valence-corrected chi connectivity index (χ2v) is 4.41. The first-order chi connectivity index (χ1) is 6.77. The fourth-order valence-electron chi connectivity index (χ4n) is 2.35. The molecule has 0 spiro atoms. The van der Waals surface area contributed by atoms with Gasteiger partial charge < -0.3 is 11.6 Å². The second kappa shape index (κ2) is 5.89. The summed E-state index contributed by atoms with van der Waals surface area (Å²) in [6, 6.07) is 0. The molecule has 0 saturated heterocycles. The Morgan fingerprint density at radius 3 is 2.43 bits per heavy atom. The normalized spacial score (nSPS) is 29.1. The van der Waals surface area contributed by atoms with Crippen molar-refractivity contribution in [1.29, 1.82) is 0 Å². The monoisotopic (exact) mass is 197 g/mol. The molecule has 1 fully saturated rings. The first-order valence-corrected chi connectivity index (χ1v) is 5.81. The number of hydrazone groups is 1. The van der Waals surface area contributed by atoms with E-state index >= 15 is 0 Å². The molecule has 3 heteroatoms. The van der Waals surface area contributed by atoms with Crippen LogP contribution in [-0.2, 0) is 0 Å². The highest BCUT2D eigenvalue weighted by molar-refractivity contribution is 5.82. The second-order valence-electron chi connectivity index (χ2n) is 4.41. The van der Waals surface area contributed by atoms with Crippen molar-refractivity contribution in [3.63, 3.8) is 0 Å². The topological polar surface area (TPSA) is 64.4 Å². The SMILES string of the molecule is CCCCC1CCC(C(N)=NN)CC1. The van der Waals surface area contributed by atoms with E-state index in [1.807, 2.05) is 0 Å². The summed E-state index contributed by atoms with van der Waals surface area (Å²) in [4.78, 5) is 0. The Morgan fingerprint density at radius 2 is 1.93 bits per heavy atom. The Morgan fingerprint density at radius 1 is 1.29 bits per heavy atom. The maximum absolute atomic E-state index is 5.72. The molecule has 0 amide bonds. The molecular weight excluding hydrogens is 174 g/mol. The predicted octanol–water partition coefficient (Wildman–Crippen LogP) is 2.21. The molecule has 0 unspecified atom stereocenters. The zero-order valence-electron chi connectivity index (χ0n) is 9.21. The van der Waals surface area contributed by atoms with E-state index in [2.05, 4.69) is 12.0 Å². The zero-order valence-corrected chi connectivity index (χ0v) is 9.21. The minimum atomic E-state index is 0.456. The number of unbranched alkanes of at least 4 members (excludes halogenated alkanes) is 1. The van der Waals surface area contributed by atoms with Crippen molar-refractivity contribution < 1.29 is 0 Å². The van der Waals surface area contributed by atoms with Crippen LogP contribution in [0.4, 0.5) is 0 Å². The number of rotatable bonds is 4. The summed E-state index contributed by atoms with van der Waals surface area (Å²) in [6.07, 6.45) is 9.05. The average Bonchev–Trinajstić information content (AvgIpc) is 2.26. The molecule has 0 bridgehead atoms. The number of nitrogens with zero attached hydrogens (tertiary/aromatic N) is 1. The van der Waals surface area contributed by atoms with E-state index in [1.165, 1.54) is 44.9 Å². The minimum Gasteiger partial charge on any atom is -0.386 e. The molecule has 0 aromatic rings. The summed E-state index contributed by atoms with van der Waals surface area (Å²) in [5.41, 5.74) is 5.72. The Balaban J connectivity index is 2.24. The summed E-state index contributed by atoms with van der Waals surface area (Å²) < 4.78 is 0. The van der Waals surface area contributed by atoms with Gasteiger partial charge in [-0.1, -0.05) is 26.2 Å². The number of amidine groups is 1. The largest absolute Gasteiger partial charge is 0.386 e. The molecular formula is C11H23N3. The molecule has 4 N–H and O–H groups in total. The maximum Gasteiger partial charge on any atom is 0.122 e. The minimum absolute atomic E-state index is 0.456. The van der Waals surface area contributed by atoms with Gasteiger partial charge >= 0.3 is 0 Å². The van der Waals surface area contributed by atoms with Gasteiger partial charge in [0.15, 0.2) is 0 Å². The standard InChI is InChI=1S/C11H23N3/c1-2-3-4-9-5-7-10(8-6-9)11(12)14-13/h9-10H,2-8,13H2,1H3,(H2,12,14). The number of hydrogen-bond donors (Lipinski definition) is 2. The van der Waals surface area contributed by atoms with Gasteiger partial charge in [0.25, 0.3) is 0 Å². The summed E-state index contributed by atoms with van der Waals surface area (Å²) in [5.74, 6) is 7.22. The first-order valence-electron chi connectivity index (χ1n) is 5.81. The van der Waals surface area contributed by atoms with E-state index in [0.717, 1.165) is 5.92 Å². The third kappa shape index (κ3) is 3.20. The van der Waals surface area contributed by atoms with Crippen molar-refractivity contribution >= 4 is 5.84 Å². The van der Waals surface area contributed by atoms with E-state index in [4.69, 9.17) is 11.6 Å². The quantitative estimate of drug-likeness (QED) is 0.314. The third-order valence-corrected chi connectivity index (χ3v) is 3.38. The summed E-state index contributed by atoms with van der Waals surface area (Å²) >= 11 is 0. The molecule has 1 aliphatic carbocycles. The summed E-state index contributed by atoms with van der Waals surface area (Å²) in [7, 11) is 0. The molecule has 0 heterocycles. The van der Waals surface area contributed by atoms with E-state index in [1.54, 1.807) is 0 Å². The van der Waals surface area contributed by atoms with Crippen molar-refractivity contribution in [3.8, 4) is 0 Å². The Bertz CT molecular complexity index is 181. The number of nitrogens with two attached hydrogens (primary N) is 2. The lowest BCUT2D eigenvalue weighted by atomic mass is 9.79. The zero-order chi connectivity index (χ0) is 10.4. The fourth-order valence-corrected chi connectivity index (χ4v) is 2.35. The highest BCUT2D eigenvalue weighted by Gasteiger charge is 2.22. The lowest BCUT2D eigenvalue weighted by Gasteiger charge is -2.27. The van der Waals surface area contributed by atoms with Crippen LogP contribution in [0, 0.1) is 11.8 Å². The van der Waals surface area contributed by atoms with Crippen molar-refractivity contribution in [3.05, 3.63) is 0 Å². The van der Waals surface area contributed by atoms with Gasteiger partial charge in [0.05, 0.1) is 0 Å². The fraction of sp³-hybridized carbons (Fsp3) is 0.909. The van der Waals surface area contributed by atoms with Crippen LogP contribution < -0.4 is 11.6 Å². The van der Waals surface area contributed by atoms with Crippen molar-refractivity contribution in [2.75, 3.05) is 0 Å². The summed E-state index contributed by atoms with van der Waals surface area (Å²) in [6.45, 7) is 2.25. The molecule has 82 valence electrons. The molecule has 14 heavy (non-hydrogen) atoms. The first kappa shape index (κ1) is 11.3. The van der Waals surface area contributed by atoms with Crippen LogP contribution in [0.5, 0.6) is 0 Å². The van der Waals surface area contributed by atoms with Gasteiger partial charge in [-0.15, -0.1) is 0 Å². The van der Waals surface area contributed by atoms with Crippen LogP contribution in [0.15, 0.2) is 5.10 Å². The number of hydrogen-bond acceptors (Lipinski definition) is 2. The highest BCUT2D eigenvalue weighted by Crippen LogP contribution is 2.31. The molecule has 1 saturated carbocycles. The van der Waals surface area contributed by atoms with Crippen LogP contribution in [0.2, 0.25) is 0 Å². The van der Waals surface area contributed by atoms with Crippen LogP contribution in [0.25, 0.3) is 0 Å². The van der Waals surface area contributed by atoms with E-state index in [-0.39, 0.29) is 0 Å². The highest BCUT2D eigenvalue weighted by atomic mass is 15.2. The molecule has 0 aromatic carbocycles. The molecule has 0 aromatic heterocycles. The lowest BCUT2D eigenvalue weighted by Crippen LogP contribution is -2.29. The van der Waals surface area contributed by atoms with Gasteiger partial charge in [0, 0.05) is 5.92 Å². The van der Waals surface area contributed by atoms with Crippen LogP contribution >= 0.6 is 0 Å². The van der Waals surface area contributed by atoms with Crippen molar-refractivity contribution in [1.82, 2.24) is 0 Å². The van der Waals surface area contributed by atoms with E-state index in [0.29, 0.717) is 11.8 Å². The Hall–Kier alpha value is -0.730. The molecule has 0 atom stereocenters. The van der Waals surface area contributed by atoms with Crippen LogP contribution in [0.1, 0.15) is 51.9 Å². The van der Waals surface area contributed by atoms with E-state index < -0.39 is 0 Å². The molecule has 1 aliphatic rings. The molecule has 3 nitrogen and oxygen atoms in total. The Kier molecular flexibility index (Phi) is 4.77. The third-order valence-electron chi connectivity index (χ3n) is 3.38. The smallest absolute Gasteiger partial charge is 0.122 e. The predicted molar refractivity (Wildman–Crippen MR) is 60.8 cm³/mol. The molecule has 1 rings (SSSR count). The van der Waals surface area contributed by atoms with Crippen LogP contribution in [0.3, 0.4) is 0 Å². The van der Waals surface area contributed by atoms with Crippen molar-refractivity contribution in [2.45, 2.75) is 51.9 Å². The Labute approximate surface area is 86.9 Å². The van der Waals surface area contributed by atoms with Gasteiger partial charge in [-0.05, 0) is 31.6 Å². The molecule has 0 radical (unpaired) electrons.